The molecular formula is C6H5ClN4O3S. The molecule has 2 aromatic heterocycles. The van der Waals surface area contributed by atoms with E-state index in [0.29, 0.717) is 0 Å². The third kappa shape index (κ3) is 2.00. The molecule has 0 bridgehead atoms. The van der Waals surface area contributed by atoms with Gasteiger partial charge in [0.15, 0.2) is 5.15 Å². The van der Waals surface area contributed by atoms with Crippen molar-refractivity contribution in [3.63, 3.8) is 0 Å². The van der Waals surface area contributed by atoms with Crippen LogP contribution < -0.4 is 4.28 Å². The summed E-state index contributed by atoms with van der Waals surface area (Å²) >= 11 is 5.71. The summed E-state index contributed by atoms with van der Waals surface area (Å²) in [5.41, 5.74) is 0.475. The van der Waals surface area contributed by atoms with Crippen LogP contribution in [0.2, 0.25) is 5.15 Å². The monoisotopic (exact) mass is 248 g/mol. The molecule has 0 aliphatic rings. The molecule has 0 radical (unpaired) electrons. The standard InChI is InChI=1S/C6H5ClN4O3S/c1-15(12,13)14-11-3-10-4-5(7)8-2-9-6(4)11/h2-3H,1H3. The lowest BCUT2D eigenvalue weighted by molar-refractivity contribution is 0.291. The van der Waals surface area contributed by atoms with Crippen molar-refractivity contribution in [1.82, 2.24) is 19.7 Å². The van der Waals surface area contributed by atoms with Crippen LogP contribution in [-0.4, -0.2) is 34.4 Å². The van der Waals surface area contributed by atoms with Crippen LogP contribution in [0.5, 0.6) is 0 Å². The van der Waals surface area contributed by atoms with Crippen LogP contribution in [0.15, 0.2) is 12.7 Å². The summed E-state index contributed by atoms with van der Waals surface area (Å²) in [7, 11) is -3.63. The topological polar surface area (TPSA) is 87.0 Å². The summed E-state index contributed by atoms with van der Waals surface area (Å²) in [6.45, 7) is 0. The molecule has 0 spiro atoms. The van der Waals surface area contributed by atoms with Gasteiger partial charge < -0.3 is 0 Å². The molecule has 0 aromatic carbocycles. The van der Waals surface area contributed by atoms with Crippen molar-refractivity contribution >= 4 is 32.9 Å². The lowest BCUT2D eigenvalue weighted by Crippen LogP contribution is -2.17. The van der Waals surface area contributed by atoms with Crippen molar-refractivity contribution in [1.29, 1.82) is 0 Å². The molecule has 0 atom stereocenters. The van der Waals surface area contributed by atoms with E-state index in [1.165, 1.54) is 6.33 Å². The van der Waals surface area contributed by atoms with Crippen LogP contribution in [0.1, 0.15) is 0 Å². The van der Waals surface area contributed by atoms with Gasteiger partial charge in [-0.1, -0.05) is 11.6 Å². The Bertz CT molecular complexity index is 608. The van der Waals surface area contributed by atoms with Gasteiger partial charge in [-0.25, -0.2) is 15.0 Å². The minimum atomic E-state index is -3.63. The molecule has 2 rings (SSSR count). The first-order chi connectivity index (χ1) is 6.97. The second-order valence-corrected chi connectivity index (χ2v) is 4.60. The van der Waals surface area contributed by atoms with Gasteiger partial charge in [-0.2, -0.15) is 8.42 Å². The van der Waals surface area contributed by atoms with Crippen molar-refractivity contribution in [2.45, 2.75) is 0 Å². The van der Waals surface area contributed by atoms with Gasteiger partial charge in [0.05, 0.1) is 6.26 Å². The normalized spacial score (nSPS) is 11.9. The summed E-state index contributed by atoms with van der Waals surface area (Å²) in [5, 5.41) is 0.135. The molecule has 0 fully saturated rings. The Balaban J connectivity index is 2.60. The first-order valence-electron chi connectivity index (χ1n) is 3.71. The third-order valence-corrected chi connectivity index (χ3v) is 2.18. The van der Waals surface area contributed by atoms with Crippen LogP contribution in [-0.2, 0) is 10.1 Å². The summed E-state index contributed by atoms with van der Waals surface area (Å²) in [6.07, 6.45) is 3.27. The molecule has 0 aliphatic carbocycles. The van der Waals surface area contributed by atoms with E-state index in [1.54, 1.807) is 0 Å². The highest BCUT2D eigenvalue weighted by atomic mass is 35.5. The molecule has 15 heavy (non-hydrogen) atoms. The summed E-state index contributed by atoms with van der Waals surface area (Å²) in [5.74, 6) is 0. The number of nitrogens with zero attached hydrogens (tertiary/aromatic N) is 4. The highest BCUT2D eigenvalue weighted by Gasteiger charge is 2.12. The molecule has 0 saturated heterocycles. The number of hydrogen-bond acceptors (Lipinski definition) is 6. The van der Waals surface area contributed by atoms with Gasteiger partial charge in [-0.05, 0) is 0 Å². The molecule has 2 aromatic rings. The smallest absolute Gasteiger partial charge is 0.284 e. The van der Waals surface area contributed by atoms with E-state index in [1.807, 2.05) is 0 Å². The highest BCUT2D eigenvalue weighted by molar-refractivity contribution is 7.86. The van der Waals surface area contributed by atoms with Gasteiger partial charge in [-0.3, -0.25) is 4.28 Å². The molecule has 0 unspecified atom stereocenters. The summed E-state index contributed by atoms with van der Waals surface area (Å²) < 4.78 is 27.3. The number of hydrogen-bond donors (Lipinski definition) is 0. The molecular weight excluding hydrogens is 244 g/mol. The fourth-order valence-corrected chi connectivity index (χ4v) is 1.56. The Morgan fingerprint density at radius 1 is 1.40 bits per heavy atom. The number of halogens is 1. The van der Waals surface area contributed by atoms with Crippen molar-refractivity contribution in [2.24, 2.45) is 0 Å². The van der Waals surface area contributed by atoms with Gasteiger partial charge in [0.1, 0.15) is 18.2 Å². The van der Waals surface area contributed by atoms with Crippen LogP contribution in [0.25, 0.3) is 11.2 Å². The van der Waals surface area contributed by atoms with E-state index in [4.69, 9.17) is 11.6 Å². The first kappa shape index (κ1) is 10.1. The summed E-state index contributed by atoms with van der Waals surface area (Å²) in [4.78, 5) is 11.3. The Labute approximate surface area is 89.8 Å². The Hall–Kier alpha value is -1.41. The minimum absolute atomic E-state index is 0.135. The van der Waals surface area contributed by atoms with Crippen molar-refractivity contribution in [3.8, 4) is 0 Å². The van der Waals surface area contributed by atoms with Crippen LogP contribution in [0, 0.1) is 0 Å². The number of rotatable bonds is 2. The van der Waals surface area contributed by atoms with Crippen molar-refractivity contribution in [2.75, 3.05) is 6.26 Å². The average molecular weight is 249 g/mol. The zero-order chi connectivity index (χ0) is 11.1. The number of fused-ring (bicyclic) bond motifs is 1. The van der Waals surface area contributed by atoms with Gasteiger partial charge in [0.2, 0.25) is 5.65 Å². The quantitative estimate of drug-likeness (QED) is 0.688. The summed E-state index contributed by atoms with van der Waals surface area (Å²) in [6, 6.07) is 0. The molecule has 9 heteroatoms. The largest absolute Gasteiger partial charge is 0.324 e. The van der Waals surface area contributed by atoms with E-state index in [0.717, 1.165) is 17.3 Å². The predicted molar refractivity (Wildman–Crippen MR) is 51.8 cm³/mol. The zero-order valence-electron chi connectivity index (χ0n) is 7.45. The fourth-order valence-electron chi connectivity index (χ4n) is 0.986. The number of aromatic nitrogens is 4. The lowest BCUT2D eigenvalue weighted by atomic mass is 10.6. The second kappa shape index (κ2) is 3.31. The predicted octanol–water partition coefficient (Wildman–Crippen LogP) is -0.132. The Kier molecular flexibility index (Phi) is 2.24. The fraction of sp³-hybridized carbons (Fsp3) is 0.167. The molecule has 0 aliphatic heterocycles. The maximum Gasteiger partial charge on any atom is 0.324 e. The van der Waals surface area contributed by atoms with Gasteiger partial charge >= 0.3 is 10.1 Å². The van der Waals surface area contributed by atoms with E-state index < -0.39 is 10.1 Å². The van der Waals surface area contributed by atoms with E-state index in [9.17, 15) is 8.42 Å². The van der Waals surface area contributed by atoms with Crippen LogP contribution in [0.3, 0.4) is 0 Å². The SMILES string of the molecule is CS(=O)(=O)On1cnc2c(Cl)ncnc21. The maximum atomic E-state index is 10.9. The maximum absolute atomic E-state index is 10.9. The molecule has 0 saturated carbocycles. The zero-order valence-corrected chi connectivity index (χ0v) is 9.03. The van der Waals surface area contributed by atoms with Crippen LogP contribution >= 0.6 is 11.6 Å². The molecule has 2 heterocycles. The Morgan fingerprint density at radius 3 is 2.80 bits per heavy atom. The lowest BCUT2D eigenvalue weighted by Gasteiger charge is -2.01. The Morgan fingerprint density at radius 2 is 2.13 bits per heavy atom. The van der Waals surface area contributed by atoms with Crippen molar-refractivity contribution < 1.29 is 12.7 Å². The van der Waals surface area contributed by atoms with Gasteiger partial charge in [0, 0.05) is 0 Å². The first-order valence-corrected chi connectivity index (χ1v) is 5.90. The van der Waals surface area contributed by atoms with Gasteiger partial charge in [0.25, 0.3) is 0 Å². The van der Waals surface area contributed by atoms with Crippen molar-refractivity contribution in [3.05, 3.63) is 17.8 Å². The van der Waals surface area contributed by atoms with E-state index in [-0.39, 0.29) is 16.3 Å². The van der Waals surface area contributed by atoms with E-state index in [2.05, 4.69) is 19.2 Å². The average Bonchev–Trinajstić information content (AvgIpc) is 2.48. The van der Waals surface area contributed by atoms with Crippen LogP contribution in [0.4, 0.5) is 0 Å². The van der Waals surface area contributed by atoms with E-state index >= 15 is 0 Å². The molecule has 80 valence electrons. The highest BCUT2D eigenvalue weighted by Crippen LogP contribution is 2.16. The third-order valence-electron chi connectivity index (χ3n) is 1.47. The van der Waals surface area contributed by atoms with Gasteiger partial charge in [-0.15, -0.1) is 4.73 Å². The minimum Gasteiger partial charge on any atom is -0.284 e. The molecule has 0 amide bonds. The molecule has 0 N–H and O–H groups in total. The molecule has 7 nitrogen and oxygen atoms in total. The second-order valence-electron chi connectivity index (χ2n) is 2.69. The number of imidazole rings is 1.